The topological polar surface area (TPSA) is 60.7 Å². The largest absolute Gasteiger partial charge is 0.393 e. The molecule has 3 saturated carbocycles. The first-order chi connectivity index (χ1) is 22.2. The van der Waals surface area contributed by atoms with Crippen LogP contribution in [0.1, 0.15) is 155 Å². The van der Waals surface area contributed by atoms with E-state index in [9.17, 15) is 15.3 Å². The molecular weight excluding hydrogens is 564 g/mol. The van der Waals surface area contributed by atoms with Gasteiger partial charge in [0.1, 0.15) is 0 Å². The highest BCUT2D eigenvalue weighted by Gasteiger charge is 2.31. The second-order valence-electron chi connectivity index (χ2n) is 15.9. The molecule has 248 valence electrons. The second-order valence-corrected chi connectivity index (χ2v) is 15.9. The highest BCUT2D eigenvalue weighted by molar-refractivity contribution is 5.40. The molecule has 46 heavy (non-hydrogen) atoms. The van der Waals surface area contributed by atoms with E-state index in [-0.39, 0.29) is 24.2 Å². The van der Waals surface area contributed by atoms with Crippen molar-refractivity contribution in [2.45, 2.75) is 140 Å². The monoisotopic (exact) mass is 622 g/mol. The lowest BCUT2D eigenvalue weighted by molar-refractivity contribution is 0.0946. The fourth-order valence-electron chi connectivity index (χ4n) is 9.65. The van der Waals surface area contributed by atoms with Crippen LogP contribution in [-0.2, 0) is 0 Å². The molecule has 0 saturated heterocycles. The summed E-state index contributed by atoms with van der Waals surface area (Å²) >= 11 is 0. The van der Waals surface area contributed by atoms with Gasteiger partial charge in [0, 0.05) is 5.92 Å². The first kappa shape index (κ1) is 33.4. The molecule has 3 aliphatic rings. The minimum atomic E-state index is -0.161. The Hall–Kier alpha value is -2.46. The average Bonchev–Trinajstić information content (AvgIpc) is 3.04. The van der Waals surface area contributed by atoms with Crippen LogP contribution in [0.25, 0.3) is 0 Å². The van der Waals surface area contributed by atoms with Crippen LogP contribution >= 0.6 is 0 Å². The molecule has 3 N–H and O–H groups in total. The van der Waals surface area contributed by atoms with E-state index in [2.05, 4.69) is 100 Å². The summed E-state index contributed by atoms with van der Waals surface area (Å²) in [6.45, 7) is 9.34. The van der Waals surface area contributed by atoms with Crippen molar-refractivity contribution in [3.8, 4) is 0 Å². The average molecular weight is 623 g/mol. The molecule has 0 heterocycles. The van der Waals surface area contributed by atoms with Gasteiger partial charge < -0.3 is 15.3 Å². The van der Waals surface area contributed by atoms with Gasteiger partial charge in [0.2, 0.25) is 0 Å². The summed E-state index contributed by atoms with van der Waals surface area (Å²) in [5, 5.41) is 30.9. The maximum atomic E-state index is 10.3. The fourth-order valence-corrected chi connectivity index (χ4v) is 9.65. The van der Waals surface area contributed by atoms with Gasteiger partial charge in [-0.1, -0.05) is 100 Å². The zero-order chi connectivity index (χ0) is 32.4. The minimum Gasteiger partial charge on any atom is -0.393 e. The lowest BCUT2D eigenvalue weighted by Gasteiger charge is -2.34. The fraction of sp³-hybridized carbons (Fsp3) is 0.581. The Morgan fingerprint density at radius 3 is 1.24 bits per heavy atom. The molecule has 10 atom stereocenters. The lowest BCUT2D eigenvalue weighted by Crippen LogP contribution is -2.25. The Balaban J connectivity index is 1.32. The van der Waals surface area contributed by atoms with Crippen molar-refractivity contribution in [2.24, 2.45) is 17.8 Å². The number of hydrogen-bond acceptors (Lipinski definition) is 3. The summed E-state index contributed by atoms with van der Waals surface area (Å²) in [7, 11) is 0. The van der Waals surface area contributed by atoms with Crippen LogP contribution in [0.3, 0.4) is 0 Å². The van der Waals surface area contributed by atoms with Gasteiger partial charge in [0.25, 0.3) is 0 Å². The van der Waals surface area contributed by atoms with Gasteiger partial charge >= 0.3 is 0 Å². The van der Waals surface area contributed by atoms with E-state index in [1.165, 1.54) is 33.4 Å². The van der Waals surface area contributed by atoms with E-state index in [0.29, 0.717) is 41.4 Å². The number of benzene rings is 3. The van der Waals surface area contributed by atoms with Crippen molar-refractivity contribution in [2.75, 3.05) is 0 Å². The predicted octanol–water partition coefficient (Wildman–Crippen LogP) is 9.81. The standard InChI is InChI=1S/C43H58O3/c1-27(31-8-5-9-32(24-31)40-17-14-37(44)20-28(40)2)23-43(35-12-6-10-33(25-35)41-18-15-38(45)21-29(41)3)36-13-7-11-34(26-36)42-19-16-39(46)22-30(42)4/h5-13,24-30,37-46H,14-23H2,1-4H3. The van der Waals surface area contributed by atoms with E-state index in [1.54, 1.807) is 0 Å². The number of aliphatic hydroxyl groups excluding tert-OH is 3. The first-order valence-electron chi connectivity index (χ1n) is 18.5. The van der Waals surface area contributed by atoms with Crippen LogP contribution in [0.5, 0.6) is 0 Å². The molecule has 0 amide bonds. The van der Waals surface area contributed by atoms with Gasteiger partial charge in [-0.3, -0.25) is 0 Å². The molecule has 0 spiro atoms. The van der Waals surface area contributed by atoms with Crippen LogP contribution in [0.15, 0.2) is 72.8 Å². The molecule has 3 nitrogen and oxygen atoms in total. The third-order valence-electron chi connectivity index (χ3n) is 12.4. The van der Waals surface area contributed by atoms with Crippen LogP contribution in [-0.4, -0.2) is 33.6 Å². The zero-order valence-corrected chi connectivity index (χ0v) is 28.7. The highest BCUT2D eigenvalue weighted by Crippen LogP contribution is 2.44. The SMILES string of the molecule is CC(CC(c1cccc(C2CCC(O)CC2C)c1)c1cccc(C2CCC(O)CC2C)c1)c1cccc(C2CCC(O)CC2C)c1. The number of rotatable bonds is 8. The minimum absolute atomic E-state index is 0.149. The van der Waals surface area contributed by atoms with E-state index >= 15 is 0 Å². The smallest absolute Gasteiger partial charge is 0.0543 e. The van der Waals surface area contributed by atoms with Crippen molar-refractivity contribution in [3.63, 3.8) is 0 Å². The highest BCUT2D eigenvalue weighted by atomic mass is 16.3. The Kier molecular flexibility index (Phi) is 10.7. The molecule has 3 heteroatoms. The molecule has 0 aromatic heterocycles. The maximum absolute atomic E-state index is 10.3. The molecule has 10 unspecified atom stereocenters. The van der Waals surface area contributed by atoms with Crippen LogP contribution in [0.4, 0.5) is 0 Å². The van der Waals surface area contributed by atoms with Gasteiger partial charge in [-0.25, -0.2) is 0 Å². The maximum Gasteiger partial charge on any atom is 0.0543 e. The third kappa shape index (κ3) is 7.64. The van der Waals surface area contributed by atoms with Crippen LogP contribution in [0, 0.1) is 17.8 Å². The van der Waals surface area contributed by atoms with E-state index in [4.69, 9.17) is 0 Å². The van der Waals surface area contributed by atoms with Crippen LogP contribution < -0.4 is 0 Å². The van der Waals surface area contributed by atoms with Crippen molar-refractivity contribution < 1.29 is 15.3 Å². The molecule has 3 aromatic rings. The molecule has 6 rings (SSSR count). The summed E-state index contributed by atoms with van der Waals surface area (Å²) in [6.07, 6.45) is 9.10. The van der Waals surface area contributed by atoms with E-state index in [0.717, 1.165) is 64.2 Å². The Bertz CT molecular complexity index is 1360. The Labute approximate surface area is 278 Å². The molecular formula is C43H58O3. The van der Waals surface area contributed by atoms with Gasteiger partial charge in [-0.2, -0.15) is 0 Å². The zero-order valence-electron chi connectivity index (χ0n) is 28.7. The van der Waals surface area contributed by atoms with Crippen molar-refractivity contribution in [3.05, 3.63) is 106 Å². The summed E-state index contributed by atoms with van der Waals surface area (Å²) in [4.78, 5) is 0. The van der Waals surface area contributed by atoms with Crippen molar-refractivity contribution >= 4 is 0 Å². The van der Waals surface area contributed by atoms with Gasteiger partial charge in [-0.15, -0.1) is 0 Å². The summed E-state index contributed by atoms with van der Waals surface area (Å²) < 4.78 is 0. The summed E-state index contributed by atoms with van der Waals surface area (Å²) in [5.74, 6) is 3.63. The molecule has 3 fully saturated rings. The quantitative estimate of drug-likeness (QED) is 0.234. The van der Waals surface area contributed by atoms with Crippen LogP contribution in [0.2, 0.25) is 0 Å². The van der Waals surface area contributed by atoms with E-state index in [1.807, 2.05) is 0 Å². The summed E-state index contributed by atoms with van der Waals surface area (Å²) in [6, 6.07) is 28.2. The molecule has 0 aliphatic heterocycles. The van der Waals surface area contributed by atoms with Crippen molar-refractivity contribution in [1.29, 1.82) is 0 Å². The molecule has 3 aromatic carbocycles. The second kappa shape index (κ2) is 14.8. The predicted molar refractivity (Wildman–Crippen MR) is 189 cm³/mol. The Morgan fingerprint density at radius 1 is 0.522 bits per heavy atom. The third-order valence-corrected chi connectivity index (χ3v) is 12.4. The van der Waals surface area contributed by atoms with Gasteiger partial charge in [-0.05, 0) is 139 Å². The molecule has 0 radical (unpaired) electrons. The summed E-state index contributed by atoms with van der Waals surface area (Å²) in [5.41, 5.74) is 8.51. The number of aliphatic hydroxyl groups is 3. The normalized spacial score (nSPS) is 33.3. The lowest BCUT2D eigenvalue weighted by atomic mass is 9.72. The van der Waals surface area contributed by atoms with Crippen molar-refractivity contribution in [1.82, 2.24) is 0 Å². The Morgan fingerprint density at radius 2 is 0.870 bits per heavy atom. The molecule has 3 aliphatic carbocycles. The number of hydrogen-bond donors (Lipinski definition) is 3. The van der Waals surface area contributed by atoms with Gasteiger partial charge in [0.05, 0.1) is 18.3 Å². The first-order valence-corrected chi connectivity index (χ1v) is 18.5. The van der Waals surface area contributed by atoms with E-state index < -0.39 is 0 Å². The molecule has 0 bridgehead atoms. The van der Waals surface area contributed by atoms with Gasteiger partial charge in [0.15, 0.2) is 0 Å².